The fourth-order valence-electron chi connectivity index (χ4n) is 4.95. The summed E-state index contributed by atoms with van der Waals surface area (Å²) in [5.41, 5.74) is 6.10. The lowest BCUT2D eigenvalue weighted by Gasteiger charge is -2.35. The molecule has 32 heavy (non-hydrogen) atoms. The Kier molecular flexibility index (Phi) is 4.50. The maximum absolute atomic E-state index is 13.5. The average Bonchev–Trinajstić information content (AvgIpc) is 3.20. The Morgan fingerprint density at radius 1 is 0.875 bits per heavy atom. The van der Waals surface area contributed by atoms with Crippen LogP contribution in [-0.4, -0.2) is 15.3 Å². The summed E-state index contributed by atoms with van der Waals surface area (Å²) in [7, 11) is 0. The minimum Gasteiger partial charge on any atom is -0.329 e. The molecule has 2 aliphatic rings. The van der Waals surface area contributed by atoms with Crippen molar-refractivity contribution in [1.82, 2.24) is 9.55 Å². The first kappa shape index (κ1) is 18.8. The summed E-state index contributed by atoms with van der Waals surface area (Å²) in [6.07, 6.45) is 5.62. The lowest BCUT2D eigenvalue weighted by Crippen LogP contribution is -2.33. The number of carbonyl (C=O) groups is 1. The van der Waals surface area contributed by atoms with Crippen molar-refractivity contribution >= 4 is 28.8 Å². The smallest absolute Gasteiger partial charge is 0.209 e. The summed E-state index contributed by atoms with van der Waals surface area (Å²) >= 11 is 0. The lowest BCUT2D eigenvalue weighted by molar-refractivity contribution is -0.117. The van der Waals surface area contributed by atoms with Crippen LogP contribution in [-0.2, 0) is 4.79 Å². The van der Waals surface area contributed by atoms with E-state index in [2.05, 4.69) is 52.4 Å². The summed E-state index contributed by atoms with van der Waals surface area (Å²) in [4.78, 5) is 18.4. The number of ketones is 1. The van der Waals surface area contributed by atoms with Gasteiger partial charge in [-0.05, 0) is 35.6 Å². The largest absolute Gasteiger partial charge is 0.329 e. The normalized spacial score (nSPS) is 20.3. The van der Waals surface area contributed by atoms with Crippen LogP contribution in [0.2, 0.25) is 0 Å². The van der Waals surface area contributed by atoms with Gasteiger partial charge in [0.2, 0.25) is 5.95 Å². The van der Waals surface area contributed by atoms with E-state index < -0.39 is 0 Å². The molecule has 156 valence electrons. The van der Waals surface area contributed by atoms with Gasteiger partial charge in [0.15, 0.2) is 5.78 Å². The second-order valence-corrected chi connectivity index (χ2v) is 8.49. The number of anilines is 1. The first-order valence-corrected chi connectivity index (χ1v) is 11.1. The van der Waals surface area contributed by atoms with E-state index >= 15 is 0 Å². The van der Waals surface area contributed by atoms with Crippen LogP contribution >= 0.6 is 0 Å². The number of rotatable bonds is 3. The van der Waals surface area contributed by atoms with Gasteiger partial charge in [0, 0.05) is 17.7 Å². The zero-order valence-corrected chi connectivity index (χ0v) is 17.6. The molecular weight excluding hydrogens is 394 g/mol. The number of hydrogen-bond acceptors (Lipinski definition) is 3. The van der Waals surface area contributed by atoms with Crippen LogP contribution in [0.1, 0.15) is 30.0 Å². The molecule has 1 aliphatic heterocycles. The molecule has 3 aromatic carbocycles. The number of imidazole rings is 1. The third-order valence-electron chi connectivity index (χ3n) is 6.41. The topological polar surface area (TPSA) is 46.9 Å². The number of benzene rings is 3. The molecule has 0 saturated heterocycles. The molecular formula is C28H23N3O. The maximum atomic E-state index is 13.5. The van der Waals surface area contributed by atoms with Crippen molar-refractivity contribution < 1.29 is 4.79 Å². The number of carbonyl (C=O) groups excluding carboxylic acids is 1. The van der Waals surface area contributed by atoms with Gasteiger partial charge in [-0.2, -0.15) is 0 Å². The SMILES string of the molecule is O=C1C[C@@H](/C=C/c2ccccc2)CC2=C1[C@@H](c1ccccc1)n1c(nc3ccccc31)N2. The molecule has 0 unspecified atom stereocenters. The van der Waals surface area contributed by atoms with Gasteiger partial charge in [0.1, 0.15) is 0 Å². The first-order valence-electron chi connectivity index (χ1n) is 11.1. The van der Waals surface area contributed by atoms with Crippen molar-refractivity contribution in [2.45, 2.75) is 18.9 Å². The van der Waals surface area contributed by atoms with Crippen molar-refractivity contribution in [3.8, 4) is 0 Å². The summed E-state index contributed by atoms with van der Waals surface area (Å²) in [6.45, 7) is 0. The van der Waals surface area contributed by atoms with Crippen LogP contribution in [0, 0.1) is 5.92 Å². The highest BCUT2D eigenvalue weighted by molar-refractivity contribution is 6.00. The van der Waals surface area contributed by atoms with E-state index in [1.165, 1.54) is 0 Å². The Labute approximate surface area is 186 Å². The first-order chi connectivity index (χ1) is 15.8. The van der Waals surface area contributed by atoms with Crippen molar-refractivity contribution in [3.05, 3.63) is 113 Å². The van der Waals surface area contributed by atoms with Crippen molar-refractivity contribution in [2.24, 2.45) is 5.92 Å². The summed E-state index contributed by atoms with van der Waals surface area (Å²) in [5, 5.41) is 3.52. The molecule has 0 saturated carbocycles. The summed E-state index contributed by atoms with van der Waals surface area (Å²) in [5.74, 6) is 1.18. The van der Waals surface area contributed by atoms with Gasteiger partial charge in [0.05, 0.1) is 17.1 Å². The quantitative estimate of drug-likeness (QED) is 0.445. The third kappa shape index (κ3) is 3.16. The molecule has 2 atom stereocenters. The highest BCUT2D eigenvalue weighted by Crippen LogP contribution is 2.44. The second-order valence-electron chi connectivity index (χ2n) is 8.49. The van der Waals surface area contributed by atoms with Gasteiger partial charge >= 0.3 is 0 Å². The number of aromatic nitrogens is 2. The Morgan fingerprint density at radius 2 is 1.59 bits per heavy atom. The molecule has 4 heteroatoms. The highest BCUT2D eigenvalue weighted by Gasteiger charge is 2.38. The van der Waals surface area contributed by atoms with Gasteiger partial charge in [-0.15, -0.1) is 0 Å². The predicted molar refractivity (Wildman–Crippen MR) is 128 cm³/mol. The fraction of sp³-hybridized carbons (Fsp3) is 0.143. The Bertz CT molecular complexity index is 1370. The number of nitrogens with zero attached hydrogens (tertiary/aromatic N) is 2. The van der Waals surface area contributed by atoms with E-state index in [9.17, 15) is 4.79 Å². The molecule has 0 fully saturated rings. The molecule has 0 spiro atoms. The Hall–Kier alpha value is -3.92. The second kappa shape index (κ2) is 7.65. The molecule has 4 aromatic rings. The Balaban J connectivity index is 1.44. The molecule has 6 rings (SSSR count). The van der Waals surface area contributed by atoms with Crippen LogP contribution in [0.25, 0.3) is 17.1 Å². The van der Waals surface area contributed by atoms with Gasteiger partial charge in [-0.25, -0.2) is 4.98 Å². The number of nitrogens with one attached hydrogen (secondary N) is 1. The number of fused-ring (bicyclic) bond motifs is 3. The van der Waals surface area contributed by atoms with Crippen molar-refractivity contribution in [2.75, 3.05) is 5.32 Å². The predicted octanol–water partition coefficient (Wildman–Crippen LogP) is 6.00. The van der Waals surface area contributed by atoms with Crippen LogP contribution in [0.5, 0.6) is 0 Å². The van der Waals surface area contributed by atoms with E-state index in [1.54, 1.807) is 0 Å². The summed E-state index contributed by atoms with van der Waals surface area (Å²) < 4.78 is 2.18. The molecule has 1 aromatic heterocycles. The van der Waals surface area contributed by atoms with Crippen molar-refractivity contribution in [1.29, 1.82) is 0 Å². The number of hydrogen-bond donors (Lipinski definition) is 1. The molecule has 0 radical (unpaired) electrons. The van der Waals surface area contributed by atoms with Crippen LogP contribution in [0.4, 0.5) is 5.95 Å². The molecule has 0 amide bonds. The van der Waals surface area contributed by atoms with E-state index in [-0.39, 0.29) is 17.7 Å². The van der Waals surface area contributed by atoms with E-state index in [1.807, 2.05) is 54.6 Å². The standard InChI is InChI=1S/C28H23N3O/c32-25-18-20(16-15-19-9-3-1-4-10-19)17-23-26(25)27(21-11-5-2-6-12-21)31-24-14-8-7-13-22(24)29-28(31)30-23/h1-16,20,27H,17-18H2,(H,29,30)/b16-15+/t20-,27+/m0/s1. The van der Waals surface area contributed by atoms with E-state index in [4.69, 9.17) is 4.98 Å². The van der Waals surface area contributed by atoms with Crippen molar-refractivity contribution in [3.63, 3.8) is 0 Å². The van der Waals surface area contributed by atoms with Gasteiger partial charge in [0.25, 0.3) is 0 Å². The lowest BCUT2D eigenvalue weighted by atomic mass is 9.80. The van der Waals surface area contributed by atoms with Crippen LogP contribution < -0.4 is 5.32 Å². The molecule has 1 aliphatic carbocycles. The zero-order valence-electron chi connectivity index (χ0n) is 17.6. The molecule has 0 bridgehead atoms. The number of Topliss-reactive ketones (excluding diaryl/α,β-unsaturated/α-hetero) is 1. The third-order valence-corrected chi connectivity index (χ3v) is 6.41. The molecule has 2 heterocycles. The average molecular weight is 418 g/mol. The van der Waals surface area contributed by atoms with Gasteiger partial charge in [-0.3, -0.25) is 9.36 Å². The fourth-order valence-corrected chi connectivity index (χ4v) is 4.95. The van der Waals surface area contributed by atoms with Gasteiger partial charge < -0.3 is 5.32 Å². The van der Waals surface area contributed by atoms with Crippen LogP contribution in [0.15, 0.2) is 102 Å². The van der Waals surface area contributed by atoms with E-state index in [0.717, 1.165) is 45.8 Å². The van der Waals surface area contributed by atoms with Crippen LogP contribution in [0.3, 0.4) is 0 Å². The Morgan fingerprint density at radius 3 is 2.41 bits per heavy atom. The number of para-hydroxylation sites is 2. The molecule has 1 N–H and O–H groups in total. The highest BCUT2D eigenvalue weighted by atomic mass is 16.1. The summed E-state index contributed by atoms with van der Waals surface area (Å²) in [6, 6.07) is 28.5. The minimum atomic E-state index is -0.165. The number of allylic oxidation sites excluding steroid dienone is 3. The maximum Gasteiger partial charge on any atom is 0.209 e. The van der Waals surface area contributed by atoms with E-state index in [0.29, 0.717) is 6.42 Å². The van der Waals surface area contributed by atoms with Gasteiger partial charge in [-0.1, -0.05) is 84.9 Å². The minimum absolute atomic E-state index is 0.165. The monoisotopic (exact) mass is 417 g/mol. The zero-order chi connectivity index (χ0) is 21.5. The molecule has 4 nitrogen and oxygen atoms in total.